The maximum absolute atomic E-state index is 11.7. The van der Waals surface area contributed by atoms with Gasteiger partial charge < -0.3 is 15.8 Å². The molecular formula is C14H22N2O2. The van der Waals surface area contributed by atoms with Crippen LogP contribution in [0.4, 0.5) is 5.69 Å². The van der Waals surface area contributed by atoms with Crippen molar-refractivity contribution in [3.63, 3.8) is 0 Å². The molecule has 0 unspecified atom stereocenters. The second-order valence-corrected chi connectivity index (χ2v) is 4.58. The minimum atomic E-state index is -0.443. The molecule has 1 rings (SSSR count). The summed E-state index contributed by atoms with van der Waals surface area (Å²) in [6.07, 6.45) is 1.74. The molecule has 1 aromatic carbocycles. The van der Waals surface area contributed by atoms with Crippen LogP contribution < -0.4 is 15.8 Å². The molecule has 0 radical (unpaired) electrons. The Morgan fingerprint density at radius 1 is 1.33 bits per heavy atom. The van der Waals surface area contributed by atoms with Gasteiger partial charge in [0.25, 0.3) is 0 Å². The van der Waals surface area contributed by atoms with Crippen molar-refractivity contribution in [3.8, 4) is 5.75 Å². The van der Waals surface area contributed by atoms with Crippen molar-refractivity contribution in [3.05, 3.63) is 24.3 Å². The van der Waals surface area contributed by atoms with E-state index in [2.05, 4.69) is 5.32 Å². The quantitative estimate of drug-likeness (QED) is 0.815. The first-order chi connectivity index (χ1) is 8.52. The summed E-state index contributed by atoms with van der Waals surface area (Å²) < 4.78 is 5.52. The Morgan fingerprint density at radius 3 is 2.44 bits per heavy atom. The van der Waals surface area contributed by atoms with Crippen LogP contribution in [0.2, 0.25) is 0 Å². The van der Waals surface area contributed by atoms with E-state index in [1.165, 1.54) is 0 Å². The molecule has 18 heavy (non-hydrogen) atoms. The van der Waals surface area contributed by atoms with E-state index in [4.69, 9.17) is 10.5 Å². The van der Waals surface area contributed by atoms with Crippen LogP contribution in [0.5, 0.6) is 5.75 Å². The van der Waals surface area contributed by atoms with Gasteiger partial charge >= 0.3 is 0 Å². The summed E-state index contributed by atoms with van der Waals surface area (Å²) in [5.41, 5.74) is 6.47. The number of anilines is 1. The van der Waals surface area contributed by atoms with Crippen LogP contribution >= 0.6 is 0 Å². The predicted octanol–water partition coefficient (Wildman–Crippen LogP) is 2.54. The number of nitrogens with one attached hydrogen (secondary N) is 1. The standard InChI is InChI=1S/C14H22N2O2/c1-4-5-13(15)14(17)16-11-6-8-12(9-7-11)18-10(2)3/h6-10,13H,4-5,15H2,1-3H3,(H,16,17)/t13-/m0/s1. The van der Waals surface area contributed by atoms with E-state index in [0.29, 0.717) is 6.42 Å². The van der Waals surface area contributed by atoms with Crippen molar-refractivity contribution in [2.75, 3.05) is 5.32 Å². The van der Waals surface area contributed by atoms with Crippen molar-refractivity contribution >= 4 is 11.6 Å². The van der Waals surface area contributed by atoms with Gasteiger partial charge in [-0.15, -0.1) is 0 Å². The van der Waals surface area contributed by atoms with Gasteiger partial charge in [-0.3, -0.25) is 4.79 Å². The van der Waals surface area contributed by atoms with Crippen molar-refractivity contribution in [2.45, 2.75) is 45.8 Å². The number of carbonyl (C=O) groups excluding carboxylic acids is 1. The van der Waals surface area contributed by atoms with Gasteiger partial charge in [0.1, 0.15) is 5.75 Å². The van der Waals surface area contributed by atoms with Gasteiger partial charge in [-0.1, -0.05) is 13.3 Å². The molecule has 0 spiro atoms. The van der Waals surface area contributed by atoms with E-state index in [0.717, 1.165) is 17.9 Å². The van der Waals surface area contributed by atoms with E-state index in [-0.39, 0.29) is 12.0 Å². The fraction of sp³-hybridized carbons (Fsp3) is 0.500. The maximum atomic E-state index is 11.7. The molecular weight excluding hydrogens is 228 g/mol. The van der Waals surface area contributed by atoms with Gasteiger partial charge in [-0.25, -0.2) is 0 Å². The summed E-state index contributed by atoms with van der Waals surface area (Å²) in [7, 11) is 0. The van der Waals surface area contributed by atoms with Gasteiger partial charge in [0.2, 0.25) is 5.91 Å². The van der Waals surface area contributed by atoms with Gasteiger partial charge in [0.15, 0.2) is 0 Å². The highest BCUT2D eigenvalue weighted by Gasteiger charge is 2.12. The van der Waals surface area contributed by atoms with Crippen LogP contribution in [0.3, 0.4) is 0 Å². The highest BCUT2D eigenvalue weighted by atomic mass is 16.5. The SMILES string of the molecule is CCC[C@H](N)C(=O)Nc1ccc(OC(C)C)cc1. The van der Waals surface area contributed by atoms with Crippen molar-refractivity contribution in [1.82, 2.24) is 0 Å². The Morgan fingerprint density at radius 2 is 1.94 bits per heavy atom. The first-order valence-corrected chi connectivity index (χ1v) is 6.36. The zero-order chi connectivity index (χ0) is 13.5. The lowest BCUT2D eigenvalue weighted by Gasteiger charge is -2.13. The third-order valence-corrected chi connectivity index (χ3v) is 2.43. The highest BCUT2D eigenvalue weighted by Crippen LogP contribution is 2.17. The van der Waals surface area contributed by atoms with E-state index in [1.807, 2.05) is 45.0 Å². The van der Waals surface area contributed by atoms with Gasteiger partial charge in [0.05, 0.1) is 12.1 Å². The van der Waals surface area contributed by atoms with Crippen LogP contribution in [0.1, 0.15) is 33.6 Å². The number of carbonyl (C=O) groups is 1. The topological polar surface area (TPSA) is 64.4 Å². The summed E-state index contributed by atoms with van der Waals surface area (Å²) in [5, 5.41) is 2.79. The molecule has 4 nitrogen and oxygen atoms in total. The lowest BCUT2D eigenvalue weighted by Crippen LogP contribution is -2.35. The van der Waals surface area contributed by atoms with E-state index in [1.54, 1.807) is 0 Å². The third kappa shape index (κ3) is 4.75. The van der Waals surface area contributed by atoms with Crippen LogP contribution in [0.15, 0.2) is 24.3 Å². The Kier molecular flexibility index (Phi) is 5.65. The molecule has 1 atom stereocenters. The lowest BCUT2D eigenvalue weighted by molar-refractivity contribution is -0.117. The Labute approximate surface area is 109 Å². The zero-order valence-corrected chi connectivity index (χ0v) is 11.3. The summed E-state index contributed by atoms with van der Waals surface area (Å²) in [6, 6.07) is 6.85. The number of amides is 1. The van der Waals surface area contributed by atoms with Gasteiger partial charge in [-0.2, -0.15) is 0 Å². The monoisotopic (exact) mass is 250 g/mol. The molecule has 0 saturated carbocycles. The Hall–Kier alpha value is -1.55. The third-order valence-electron chi connectivity index (χ3n) is 2.43. The summed E-state index contributed by atoms with van der Waals surface area (Å²) in [4.78, 5) is 11.7. The number of benzene rings is 1. The van der Waals surface area contributed by atoms with Crippen molar-refractivity contribution in [2.24, 2.45) is 5.73 Å². The Bertz CT molecular complexity index is 374. The van der Waals surface area contributed by atoms with Gasteiger partial charge in [-0.05, 0) is 44.5 Å². The molecule has 4 heteroatoms. The molecule has 0 saturated heterocycles. The largest absolute Gasteiger partial charge is 0.491 e. The molecule has 3 N–H and O–H groups in total. The molecule has 0 fully saturated rings. The molecule has 0 aliphatic carbocycles. The molecule has 1 aromatic rings. The minimum absolute atomic E-state index is 0.142. The lowest BCUT2D eigenvalue weighted by atomic mass is 10.1. The second kappa shape index (κ2) is 7.01. The Balaban J connectivity index is 2.55. The smallest absolute Gasteiger partial charge is 0.241 e. The van der Waals surface area contributed by atoms with E-state index < -0.39 is 6.04 Å². The summed E-state index contributed by atoms with van der Waals surface area (Å²) >= 11 is 0. The number of hydrogen-bond donors (Lipinski definition) is 2. The second-order valence-electron chi connectivity index (χ2n) is 4.58. The molecule has 0 aliphatic heterocycles. The van der Waals surface area contributed by atoms with Crippen LogP contribution in [-0.4, -0.2) is 18.1 Å². The fourth-order valence-corrected chi connectivity index (χ4v) is 1.57. The number of nitrogens with two attached hydrogens (primary N) is 1. The normalized spacial score (nSPS) is 12.3. The fourth-order valence-electron chi connectivity index (χ4n) is 1.57. The number of hydrogen-bond acceptors (Lipinski definition) is 3. The highest BCUT2D eigenvalue weighted by molar-refractivity contribution is 5.94. The molecule has 1 amide bonds. The molecule has 0 heterocycles. The first kappa shape index (κ1) is 14.5. The number of ether oxygens (including phenoxy) is 1. The summed E-state index contributed by atoms with van der Waals surface area (Å²) in [6.45, 7) is 5.95. The molecule has 0 aliphatic rings. The van der Waals surface area contributed by atoms with E-state index >= 15 is 0 Å². The first-order valence-electron chi connectivity index (χ1n) is 6.36. The average Bonchev–Trinajstić information content (AvgIpc) is 2.31. The number of rotatable bonds is 6. The predicted molar refractivity (Wildman–Crippen MR) is 73.7 cm³/mol. The van der Waals surface area contributed by atoms with Crippen molar-refractivity contribution in [1.29, 1.82) is 0 Å². The van der Waals surface area contributed by atoms with Gasteiger partial charge in [0, 0.05) is 5.69 Å². The zero-order valence-electron chi connectivity index (χ0n) is 11.3. The molecule has 100 valence electrons. The van der Waals surface area contributed by atoms with Crippen LogP contribution in [0, 0.1) is 0 Å². The summed E-state index contributed by atoms with van der Waals surface area (Å²) in [5.74, 6) is 0.648. The maximum Gasteiger partial charge on any atom is 0.241 e. The van der Waals surface area contributed by atoms with E-state index in [9.17, 15) is 4.79 Å². The minimum Gasteiger partial charge on any atom is -0.491 e. The average molecular weight is 250 g/mol. The van der Waals surface area contributed by atoms with Crippen molar-refractivity contribution < 1.29 is 9.53 Å². The van der Waals surface area contributed by atoms with Crippen LogP contribution in [-0.2, 0) is 4.79 Å². The molecule has 0 aromatic heterocycles. The molecule has 0 bridgehead atoms. The van der Waals surface area contributed by atoms with Crippen LogP contribution in [0.25, 0.3) is 0 Å².